The fourth-order valence-electron chi connectivity index (χ4n) is 4.15. The Balaban J connectivity index is 1.43. The van der Waals surface area contributed by atoms with Crippen molar-refractivity contribution < 1.29 is 19.4 Å². The first-order valence-corrected chi connectivity index (χ1v) is 10.3. The highest BCUT2D eigenvalue weighted by atomic mass is 16.5. The molecule has 3 aromatic rings. The summed E-state index contributed by atoms with van der Waals surface area (Å²) in [6.45, 7) is 4.13. The van der Waals surface area contributed by atoms with Crippen molar-refractivity contribution in [1.29, 1.82) is 0 Å². The van der Waals surface area contributed by atoms with Gasteiger partial charge in [0, 0.05) is 12.3 Å². The number of aryl methyl sites for hydroxylation is 2. The average Bonchev–Trinajstić information content (AvgIpc) is 3.08. The minimum atomic E-state index is -1.09. The lowest BCUT2D eigenvalue weighted by molar-refractivity contribution is -0.139. The van der Waals surface area contributed by atoms with Gasteiger partial charge >= 0.3 is 12.1 Å². The molecular formula is C26H25NO4. The van der Waals surface area contributed by atoms with Crippen molar-refractivity contribution in [3.05, 3.63) is 94.5 Å². The maximum atomic E-state index is 12.5. The molecule has 158 valence electrons. The molecule has 1 aliphatic carbocycles. The number of amides is 1. The van der Waals surface area contributed by atoms with Crippen LogP contribution in [0.3, 0.4) is 0 Å². The van der Waals surface area contributed by atoms with Gasteiger partial charge < -0.3 is 15.2 Å². The summed E-state index contributed by atoms with van der Waals surface area (Å²) < 4.78 is 5.49. The van der Waals surface area contributed by atoms with E-state index in [9.17, 15) is 14.7 Å². The van der Waals surface area contributed by atoms with E-state index in [4.69, 9.17) is 4.74 Å². The predicted octanol–water partition coefficient (Wildman–Crippen LogP) is 4.84. The maximum absolute atomic E-state index is 12.5. The van der Waals surface area contributed by atoms with E-state index in [1.165, 1.54) is 0 Å². The Hall–Kier alpha value is -3.60. The second-order valence-electron chi connectivity index (χ2n) is 7.98. The Kier molecular flexibility index (Phi) is 5.76. The largest absolute Gasteiger partial charge is 0.480 e. The zero-order chi connectivity index (χ0) is 22.0. The molecule has 0 heterocycles. The Bertz CT molecular complexity index is 1090. The van der Waals surface area contributed by atoms with Crippen molar-refractivity contribution in [3.63, 3.8) is 0 Å². The van der Waals surface area contributed by atoms with E-state index < -0.39 is 18.1 Å². The number of fused-ring (bicyclic) bond motifs is 3. The average molecular weight is 415 g/mol. The lowest BCUT2D eigenvalue weighted by Crippen LogP contribution is -2.42. The Morgan fingerprint density at radius 3 is 2.13 bits per heavy atom. The number of aliphatic carboxylic acids is 1. The molecule has 0 radical (unpaired) electrons. The number of alkyl carbamates (subject to hydrolysis) is 1. The molecule has 5 nitrogen and oxygen atoms in total. The summed E-state index contributed by atoms with van der Waals surface area (Å²) in [6.07, 6.45) is -0.529. The van der Waals surface area contributed by atoms with Crippen LogP contribution in [-0.4, -0.2) is 29.8 Å². The summed E-state index contributed by atoms with van der Waals surface area (Å²) >= 11 is 0. The minimum absolute atomic E-state index is 0.0684. The molecule has 5 heteroatoms. The van der Waals surface area contributed by atoms with Gasteiger partial charge in [0.05, 0.1) is 0 Å². The molecule has 0 saturated carbocycles. The van der Waals surface area contributed by atoms with Crippen molar-refractivity contribution in [3.8, 4) is 11.1 Å². The van der Waals surface area contributed by atoms with Gasteiger partial charge in [0.1, 0.15) is 12.6 Å². The molecule has 0 aliphatic heterocycles. The molecule has 2 N–H and O–H groups in total. The van der Waals surface area contributed by atoms with E-state index in [1.54, 1.807) is 0 Å². The molecule has 3 aromatic carbocycles. The third kappa shape index (κ3) is 4.31. The molecule has 0 bridgehead atoms. The molecule has 0 aromatic heterocycles. The molecule has 0 spiro atoms. The van der Waals surface area contributed by atoms with Gasteiger partial charge in [0.15, 0.2) is 0 Å². The lowest BCUT2D eigenvalue weighted by Gasteiger charge is -2.18. The van der Waals surface area contributed by atoms with Crippen molar-refractivity contribution in [2.45, 2.75) is 32.2 Å². The SMILES string of the molecule is Cc1ccc(CC(NC(=O)OCC2c3ccccc3-c3ccccc32)C(=O)O)cc1C. The number of carbonyl (C=O) groups is 2. The Morgan fingerprint density at radius 1 is 0.935 bits per heavy atom. The lowest BCUT2D eigenvalue weighted by atomic mass is 9.98. The summed E-state index contributed by atoms with van der Waals surface area (Å²) in [5, 5.41) is 12.1. The topological polar surface area (TPSA) is 75.6 Å². The van der Waals surface area contributed by atoms with Gasteiger partial charge in [-0.1, -0.05) is 66.7 Å². The van der Waals surface area contributed by atoms with E-state index in [2.05, 4.69) is 17.4 Å². The van der Waals surface area contributed by atoms with Crippen LogP contribution >= 0.6 is 0 Å². The fraction of sp³-hybridized carbons (Fsp3) is 0.231. The second-order valence-corrected chi connectivity index (χ2v) is 7.98. The highest BCUT2D eigenvalue weighted by molar-refractivity contribution is 5.81. The fourth-order valence-corrected chi connectivity index (χ4v) is 4.15. The molecule has 0 saturated heterocycles. The highest BCUT2D eigenvalue weighted by Crippen LogP contribution is 2.44. The van der Waals surface area contributed by atoms with Crippen LogP contribution in [0.2, 0.25) is 0 Å². The van der Waals surface area contributed by atoms with Crippen molar-refractivity contribution in [2.24, 2.45) is 0 Å². The van der Waals surface area contributed by atoms with Crippen molar-refractivity contribution in [2.75, 3.05) is 6.61 Å². The van der Waals surface area contributed by atoms with E-state index >= 15 is 0 Å². The number of hydrogen-bond donors (Lipinski definition) is 2. The number of carboxylic acids is 1. The summed E-state index contributed by atoms with van der Waals surface area (Å²) in [5.41, 5.74) is 7.59. The highest BCUT2D eigenvalue weighted by Gasteiger charge is 2.29. The summed E-state index contributed by atoms with van der Waals surface area (Å²) in [4.78, 5) is 24.2. The summed E-state index contributed by atoms with van der Waals surface area (Å²) in [7, 11) is 0. The predicted molar refractivity (Wildman–Crippen MR) is 119 cm³/mol. The molecular weight excluding hydrogens is 390 g/mol. The molecule has 1 atom stereocenters. The van der Waals surface area contributed by atoms with Gasteiger partial charge in [0.25, 0.3) is 0 Å². The third-order valence-corrected chi connectivity index (χ3v) is 5.95. The number of nitrogens with one attached hydrogen (secondary N) is 1. The zero-order valence-corrected chi connectivity index (χ0v) is 17.6. The molecule has 1 aliphatic rings. The smallest absolute Gasteiger partial charge is 0.407 e. The monoisotopic (exact) mass is 415 g/mol. The number of benzene rings is 3. The number of carboxylic acid groups (broad SMARTS) is 1. The van der Waals surface area contributed by atoms with Gasteiger partial charge in [-0.25, -0.2) is 9.59 Å². The summed E-state index contributed by atoms with van der Waals surface area (Å²) in [5.74, 6) is -1.16. The molecule has 1 unspecified atom stereocenters. The third-order valence-electron chi connectivity index (χ3n) is 5.95. The van der Waals surface area contributed by atoms with E-state index in [0.717, 1.165) is 38.9 Å². The number of carbonyl (C=O) groups excluding carboxylic acids is 1. The Morgan fingerprint density at radius 2 is 1.55 bits per heavy atom. The summed E-state index contributed by atoms with van der Waals surface area (Å²) in [6, 6.07) is 20.9. The van der Waals surface area contributed by atoms with Crippen LogP contribution in [-0.2, 0) is 16.0 Å². The van der Waals surface area contributed by atoms with Gasteiger partial charge in [-0.15, -0.1) is 0 Å². The van der Waals surface area contributed by atoms with E-state index in [1.807, 2.05) is 68.4 Å². The molecule has 31 heavy (non-hydrogen) atoms. The van der Waals surface area contributed by atoms with Gasteiger partial charge in [-0.2, -0.15) is 0 Å². The van der Waals surface area contributed by atoms with Crippen molar-refractivity contribution in [1.82, 2.24) is 5.32 Å². The first-order valence-electron chi connectivity index (χ1n) is 10.3. The number of hydrogen-bond acceptors (Lipinski definition) is 3. The van der Waals surface area contributed by atoms with Gasteiger partial charge in [-0.05, 0) is 52.8 Å². The Labute approximate surface area is 181 Å². The molecule has 1 amide bonds. The normalized spacial score (nSPS) is 13.2. The van der Waals surface area contributed by atoms with Crippen LogP contribution < -0.4 is 5.32 Å². The van der Waals surface area contributed by atoms with Crippen molar-refractivity contribution >= 4 is 12.1 Å². The van der Waals surface area contributed by atoms with Crippen LogP contribution in [0.25, 0.3) is 11.1 Å². The van der Waals surface area contributed by atoms with Gasteiger partial charge in [-0.3, -0.25) is 0 Å². The number of rotatable bonds is 6. The maximum Gasteiger partial charge on any atom is 0.407 e. The molecule has 0 fully saturated rings. The van der Waals surface area contributed by atoms with E-state index in [-0.39, 0.29) is 18.9 Å². The second kappa shape index (κ2) is 8.64. The first-order chi connectivity index (χ1) is 14.9. The van der Waals surface area contributed by atoms with Crippen LogP contribution in [0.5, 0.6) is 0 Å². The number of ether oxygens (including phenoxy) is 1. The van der Waals surface area contributed by atoms with Crippen LogP contribution in [0.15, 0.2) is 66.7 Å². The zero-order valence-electron chi connectivity index (χ0n) is 17.6. The molecule has 4 rings (SSSR count). The standard InChI is InChI=1S/C26H25NO4/c1-16-11-12-18(13-17(16)2)14-24(25(28)29)27-26(30)31-15-23-21-9-5-3-7-19(21)20-8-4-6-10-22(20)23/h3-13,23-24H,14-15H2,1-2H3,(H,27,30)(H,28,29). The van der Waals surface area contributed by atoms with Crippen LogP contribution in [0, 0.1) is 13.8 Å². The van der Waals surface area contributed by atoms with Crippen LogP contribution in [0.4, 0.5) is 4.79 Å². The minimum Gasteiger partial charge on any atom is -0.480 e. The van der Waals surface area contributed by atoms with Gasteiger partial charge in [0.2, 0.25) is 0 Å². The quantitative estimate of drug-likeness (QED) is 0.604. The van der Waals surface area contributed by atoms with E-state index in [0.29, 0.717) is 0 Å². The van der Waals surface area contributed by atoms with Crippen LogP contribution in [0.1, 0.15) is 33.7 Å². The first kappa shape index (κ1) is 20.7.